The van der Waals surface area contributed by atoms with Crippen LogP contribution in [0.25, 0.3) is 0 Å². The average Bonchev–Trinajstić information content (AvgIpc) is 2.82. The third-order valence-electron chi connectivity index (χ3n) is 6.42. The first-order chi connectivity index (χ1) is 11.3. The molecule has 3 aliphatic carbocycles. The van der Waals surface area contributed by atoms with Gasteiger partial charge in [0.05, 0.1) is 0 Å². The molecule has 0 heterocycles. The van der Waals surface area contributed by atoms with Gasteiger partial charge >= 0.3 is 0 Å². The number of hydrogen-bond acceptors (Lipinski definition) is 3. The van der Waals surface area contributed by atoms with E-state index in [1.807, 2.05) is 12.1 Å². The van der Waals surface area contributed by atoms with Gasteiger partial charge in [-0.1, -0.05) is 13.0 Å². The number of fused-ring (bicyclic) bond motifs is 5. The molecule has 4 rings (SSSR count). The second-order valence-electron chi connectivity index (χ2n) is 7.45. The lowest BCUT2D eigenvalue weighted by molar-refractivity contribution is -0.129. The summed E-state index contributed by atoms with van der Waals surface area (Å²) in [5.41, 5.74) is 2.75. The van der Waals surface area contributed by atoms with Crippen molar-refractivity contribution in [2.45, 2.75) is 51.4 Å². The Morgan fingerprint density at radius 1 is 1.17 bits per heavy atom. The molecule has 1 aromatic rings. The van der Waals surface area contributed by atoms with Crippen molar-refractivity contribution in [2.75, 3.05) is 0 Å². The Bertz CT molecular complexity index is 669. The Kier molecular flexibility index (Phi) is 4.82. The van der Waals surface area contributed by atoms with E-state index in [4.69, 9.17) is 13.3 Å². The Balaban J connectivity index is 0.000000383. The van der Waals surface area contributed by atoms with Gasteiger partial charge in [0.15, 0.2) is 0 Å². The predicted molar refractivity (Wildman–Crippen MR) is 91.1 cm³/mol. The van der Waals surface area contributed by atoms with Gasteiger partial charge in [-0.05, 0) is 73.1 Å². The van der Waals surface area contributed by atoms with E-state index in [-0.39, 0.29) is 5.41 Å². The summed E-state index contributed by atoms with van der Waals surface area (Å²) in [5, 5.41) is 9.67. The van der Waals surface area contributed by atoms with Gasteiger partial charge in [0, 0.05) is 11.8 Å². The maximum Gasteiger partial charge on any atom is 0.299 e. The molecule has 0 unspecified atom stereocenters. The highest BCUT2D eigenvalue weighted by atomic mass is 32.2. The number of carbonyl (C=O) groups is 1. The van der Waals surface area contributed by atoms with Gasteiger partial charge in [0.25, 0.3) is 11.4 Å². The van der Waals surface area contributed by atoms with E-state index in [1.54, 1.807) is 0 Å². The molecule has 0 aromatic heterocycles. The molecule has 1 aromatic carbocycles. The number of carbonyl (C=O) groups excluding carboxylic acids is 1. The lowest BCUT2D eigenvalue weighted by Crippen LogP contribution is -2.42. The molecule has 5 nitrogen and oxygen atoms in total. The van der Waals surface area contributed by atoms with Crippen molar-refractivity contribution >= 4 is 17.1 Å². The number of Topliss-reactive ketones (excluding diaryl/α,β-unsaturated/α-hetero) is 1. The summed E-state index contributed by atoms with van der Waals surface area (Å²) in [6, 6.07) is 5.90. The van der Waals surface area contributed by atoms with Crippen molar-refractivity contribution in [1.29, 1.82) is 0 Å². The van der Waals surface area contributed by atoms with E-state index >= 15 is 0 Å². The number of aryl methyl sites for hydroxylation is 1. The summed E-state index contributed by atoms with van der Waals surface area (Å²) in [4.78, 5) is 12.3. The zero-order valence-corrected chi connectivity index (χ0v) is 14.6. The molecule has 6 heteroatoms. The smallest absolute Gasteiger partial charge is 0.299 e. The number of aromatic hydroxyl groups is 1. The van der Waals surface area contributed by atoms with Crippen molar-refractivity contribution in [1.82, 2.24) is 0 Å². The number of phenolic OH excluding ortho intramolecular Hbond substituents is 1. The lowest BCUT2D eigenvalue weighted by atomic mass is 9.55. The number of rotatable bonds is 0. The van der Waals surface area contributed by atoms with E-state index < -0.39 is 11.4 Å². The van der Waals surface area contributed by atoms with Crippen LogP contribution in [0.1, 0.15) is 56.1 Å². The molecule has 0 amide bonds. The molecular formula is C18H24O5S. The molecule has 24 heavy (non-hydrogen) atoms. The molecule has 3 N–H and O–H groups in total. The van der Waals surface area contributed by atoms with Crippen LogP contribution in [0.5, 0.6) is 5.75 Å². The summed E-state index contributed by atoms with van der Waals surface area (Å²) in [6.45, 7) is 2.22. The molecule has 0 aliphatic heterocycles. The van der Waals surface area contributed by atoms with E-state index in [2.05, 4.69) is 13.0 Å². The Morgan fingerprint density at radius 2 is 1.88 bits per heavy atom. The van der Waals surface area contributed by atoms with Crippen molar-refractivity contribution < 1.29 is 23.2 Å². The summed E-state index contributed by atoms with van der Waals surface area (Å²) < 4.78 is 22.8. The Hall–Kier alpha value is -1.24. The third-order valence-corrected chi connectivity index (χ3v) is 6.42. The van der Waals surface area contributed by atoms with Crippen molar-refractivity contribution in [2.24, 2.45) is 17.3 Å². The Morgan fingerprint density at radius 3 is 2.58 bits per heavy atom. The lowest BCUT2D eigenvalue weighted by Gasteiger charge is -2.48. The second kappa shape index (κ2) is 6.58. The number of hydrogen-bond donors (Lipinski definition) is 3. The van der Waals surface area contributed by atoms with Crippen molar-refractivity contribution in [3.8, 4) is 5.75 Å². The normalized spacial score (nSPS) is 34.0. The summed E-state index contributed by atoms with van der Waals surface area (Å²) in [7, 11) is 0. The van der Waals surface area contributed by atoms with Crippen LogP contribution in [0.2, 0.25) is 0 Å². The summed E-state index contributed by atoms with van der Waals surface area (Å²) in [6.07, 6.45) is 6.34. The summed E-state index contributed by atoms with van der Waals surface area (Å²) >= 11 is -2.61. The van der Waals surface area contributed by atoms with Gasteiger partial charge in [-0.15, -0.1) is 0 Å². The van der Waals surface area contributed by atoms with Crippen LogP contribution in [0.15, 0.2) is 18.2 Å². The number of phenols is 1. The van der Waals surface area contributed by atoms with Gasteiger partial charge in [-0.25, -0.2) is 0 Å². The van der Waals surface area contributed by atoms with Crippen molar-refractivity contribution in [3.05, 3.63) is 29.3 Å². The van der Waals surface area contributed by atoms with Crippen molar-refractivity contribution in [3.63, 3.8) is 0 Å². The summed E-state index contributed by atoms with van der Waals surface area (Å²) in [5.74, 6) is 2.78. The first-order valence-corrected chi connectivity index (χ1v) is 9.54. The molecule has 0 saturated heterocycles. The molecule has 2 saturated carbocycles. The van der Waals surface area contributed by atoms with E-state index in [1.165, 1.54) is 17.5 Å². The van der Waals surface area contributed by atoms with Crippen LogP contribution in [-0.4, -0.2) is 24.2 Å². The minimum atomic E-state index is -2.61. The van der Waals surface area contributed by atoms with Crippen LogP contribution in [0.3, 0.4) is 0 Å². The monoisotopic (exact) mass is 352 g/mol. The quantitative estimate of drug-likeness (QED) is 0.621. The maximum absolute atomic E-state index is 12.3. The van der Waals surface area contributed by atoms with Crippen LogP contribution < -0.4 is 0 Å². The second-order valence-corrected chi connectivity index (χ2v) is 7.91. The fourth-order valence-electron chi connectivity index (χ4n) is 5.34. The SMILES string of the molecule is C[C@]12CC[C@@H]3c4ccc(O)cc4CC[C@H]3[C@@H]1CCC2=O.O=S(O)O. The van der Waals surface area contributed by atoms with E-state index in [0.717, 1.165) is 32.1 Å². The van der Waals surface area contributed by atoms with Crippen LogP contribution in [0, 0.1) is 17.3 Å². The number of ketones is 1. The largest absolute Gasteiger partial charge is 0.508 e. The standard InChI is InChI=1S/C18H22O2.H2O3S/c1-18-9-8-14-13-5-3-12(19)10-11(13)2-4-15(14)16(18)6-7-17(18)20;1-4(2)3/h3,5,10,14-16,19H,2,4,6-9H2,1H3;(H2,1,2,3)/t14-,15-,16+,18+;/m1./s1. The van der Waals surface area contributed by atoms with Crippen LogP contribution in [0.4, 0.5) is 0 Å². The molecule has 132 valence electrons. The average molecular weight is 352 g/mol. The van der Waals surface area contributed by atoms with Crippen LogP contribution >= 0.6 is 0 Å². The van der Waals surface area contributed by atoms with Gasteiger partial charge in [-0.2, -0.15) is 4.21 Å². The molecule has 4 atom stereocenters. The van der Waals surface area contributed by atoms with E-state index in [9.17, 15) is 9.90 Å². The topological polar surface area (TPSA) is 94.8 Å². The molecule has 0 radical (unpaired) electrons. The van der Waals surface area contributed by atoms with Gasteiger partial charge in [0.1, 0.15) is 11.5 Å². The maximum atomic E-state index is 12.3. The minimum Gasteiger partial charge on any atom is -0.508 e. The minimum absolute atomic E-state index is 0.0322. The molecule has 2 fully saturated rings. The zero-order valence-electron chi connectivity index (χ0n) is 13.8. The van der Waals surface area contributed by atoms with E-state index in [0.29, 0.717) is 29.3 Å². The fraction of sp³-hybridized carbons (Fsp3) is 0.611. The predicted octanol–water partition coefficient (Wildman–Crippen LogP) is 3.50. The van der Waals surface area contributed by atoms with Crippen LogP contribution in [-0.2, 0) is 22.6 Å². The molecule has 3 aliphatic rings. The molecule has 0 bridgehead atoms. The Labute approximate surface area is 144 Å². The highest BCUT2D eigenvalue weighted by molar-refractivity contribution is 7.73. The highest BCUT2D eigenvalue weighted by Crippen LogP contribution is 2.59. The van der Waals surface area contributed by atoms with Gasteiger partial charge in [-0.3, -0.25) is 13.9 Å². The first-order valence-electron chi connectivity index (χ1n) is 8.48. The fourth-order valence-corrected chi connectivity index (χ4v) is 5.34. The highest BCUT2D eigenvalue weighted by Gasteiger charge is 2.54. The molecule has 0 spiro atoms. The zero-order chi connectivity index (χ0) is 17.5. The number of benzene rings is 1. The first kappa shape index (κ1) is 17.6. The van der Waals surface area contributed by atoms with Gasteiger partial charge in [0.2, 0.25) is 0 Å². The molecular weight excluding hydrogens is 328 g/mol. The third kappa shape index (κ3) is 3.03. The van der Waals surface area contributed by atoms with Gasteiger partial charge < -0.3 is 5.11 Å².